The zero-order valence-electron chi connectivity index (χ0n) is 9.55. The van der Waals surface area contributed by atoms with Gasteiger partial charge in [-0.1, -0.05) is 12.1 Å². The fourth-order valence-corrected chi connectivity index (χ4v) is 1.88. The Labute approximate surface area is 103 Å². The van der Waals surface area contributed by atoms with Crippen LogP contribution in [0.15, 0.2) is 24.3 Å². The molecule has 6 heteroatoms. The summed E-state index contributed by atoms with van der Waals surface area (Å²) in [6, 6.07) is 6.45. The number of benzene rings is 1. The molecule has 98 valence electrons. The van der Waals surface area contributed by atoms with Gasteiger partial charge in [-0.05, 0) is 12.1 Å². The minimum atomic E-state index is -2.57. The lowest BCUT2D eigenvalue weighted by Crippen LogP contribution is -2.26. The molecule has 0 spiro atoms. The molecule has 1 N–H and O–H groups in total. The molecule has 0 saturated carbocycles. The molecule has 1 aliphatic rings. The van der Waals surface area contributed by atoms with E-state index in [1.165, 1.54) is 11.0 Å². The highest BCUT2D eigenvalue weighted by Gasteiger charge is 2.30. The molecular weight excluding hydrogens is 244 g/mol. The SMILES string of the molecule is O=C1CC(O)CN1c1ccccc1OCC(F)F. The lowest BCUT2D eigenvalue weighted by atomic mass is 10.2. The maximum absolute atomic E-state index is 12.1. The summed E-state index contributed by atoms with van der Waals surface area (Å²) < 4.78 is 29.2. The number of halogens is 2. The van der Waals surface area contributed by atoms with Crippen LogP contribution in [0.25, 0.3) is 0 Å². The topological polar surface area (TPSA) is 49.8 Å². The van der Waals surface area contributed by atoms with Crippen LogP contribution >= 0.6 is 0 Å². The summed E-state index contributed by atoms with van der Waals surface area (Å²) >= 11 is 0. The van der Waals surface area contributed by atoms with Crippen molar-refractivity contribution >= 4 is 11.6 Å². The molecule has 1 saturated heterocycles. The van der Waals surface area contributed by atoms with Crippen LogP contribution < -0.4 is 9.64 Å². The van der Waals surface area contributed by atoms with Crippen molar-refractivity contribution in [3.05, 3.63) is 24.3 Å². The van der Waals surface area contributed by atoms with Crippen molar-refractivity contribution in [1.82, 2.24) is 0 Å². The first-order valence-corrected chi connectivity index (χ1v) is 5.56. The maximum atomic E-state index is 12.1. The molecule has 0 bridgehead atoms. The van der Waals surface area contributed by atoms with E-state index in [0.29, 0.717) is 5.69 Å². The molecule has 4 nitrogen and oxygen atoms in total. The molecule has 1 amide bonds. The fourth-order valence-electron chi connectivity index (χ4n) is 1.88. The van der Waals surface area contributed by atoms with E-state index in [1.54, 1.807) is 18.2 Å². The summed E-state index contributed by atoms with van der Waals surface area (Å²) in [6.07, 6.45) is -3.25. The second-order valence-corrected chi connectivity index (χ2v) is 4.03. The first-order valence-electron chi connectivity index (χ1n) is 5.56. The Hall–Kier alpha value is -1.69. The normalized spacial score (nSPS) is 19.7. The predicted molar refractivity (Wildman–Crippen MR) is 60.9 cm³/mol. The van der Waals surface area contributed by atoms with Gasteiger partial charge in [0, 0.05) is 0 Å². The minimum Gasteiger partial charge on any atom is -0.485 e. The van der Waals surface area contributed by atoms with Crippen LogP contribution in [0.4, 0.5) is 14.5 Å². The number of carbonyl (C=O) groups excluding carboxylic acids is 1. The van der Waals surface area contributed by atoms with E-state index in [1.807, 2.05) is 0 Å². The van der Waals surface area contributed by atoms with E-state index in [4.69, 9.17) is 4.74 Å². The predicted octanol–water partition coefficient (Wildman–Crippen LogP) is 1.43. The van der Waals surface area contributed by atoms with Crippen molar-refractivity contribution < 1.29 is 23.4 Å². The first kappa shape index (κ1) is 12.8. The second kappa shape index (κ2) is 5.30. The number of hydrogen-bond donors (Lipinski definition) is 1. The first-order chi connectivity index (χ1) is 8.58. The Kier molecular flexibility index (Phi) is 3.76. The molecule has 18 heavy (non-hydrogen) atoms. The molecule has 0 aliphatic carbocycles. The molecule has 1 aliphatic heterocycles. The highest BCUT2D eigenvalue weighted by molar-refractivity contribution is 5.97. The van der Waals surface area contributed by atoms with Crippen molar-refractivity contribution in [3.63, 3.8) is 0 Å². The van der Waals surface area contributed by atoms with Gasteiger partial charge < -0.3 is 14.7 Å². The Bertz CT molecular complexity index is 439. The van der Waals surface area contributed by atoms with Gasteiger partial charge in [0.2, 0.25) is 5.91 Å². The number of amides is 1. The van der Waals surface area contributed by atoms with Gasteiger partial charge in [-0.3, -0.25) is 4.79 Å². The Morgan fingerprint density at radius 3 is 2.78 bits per heavy atom. The van der Waals surface area contributed by atoms with Crippen LogP contribution in [0, 0.1) is 0 Å². The van der Waals surface area contributed by atoms with Gasteiger partial charge in [-0.25, -0.2) is 8.78 Å². The van der Waals surface area contributed by atoms with Gasteiger partial charge >= 0.3 is 0 Å². The second-order valence-electron chi connectivity index (χ2n) is 4.03. The molecule has 0 radical (unpaired) electrons. The zero-order chi connectivity index (χ0) is 13.1. The molecule has 1 atom stereocenters. The van der Waals surface area contributed by atoms with Crippen molar-refractivity contribution in [1.29, 1.82) is 0 Å². The lowest BCUT2D eigenvalue weighted by Gasteiger charge is -2.19. The van der Waals surface area contributed by atoms with Crippen LogP contribution in [0.2, 0.25) is 0 Å². The van der Waals surface area contributed by atoms with Crippen molar-refractivity contribution in [3.8, 4) is 5.75 Å². The molecular formula is C12H13F2NO3. The fraction of sp³-hybridized carbons (Fsp3) is 0.417. The zero-order valence-corrected chi connectivity index (χ0v) is 9.55. The largest absolute Gasteiger partial charge is 0.485 e. The van der Waals surface area contributed by atoms with E-state index < -0.39 is 19.1 Å². The number of rotatable bonds is 4. The highest BCUT2D eigenvalue weighted by atomic mass is 19.3. The lowest BCUT2D eigenvalue weighted by molar-refractivity contribution is -0.117. The summed E-state index contributed by atoms with van der Waals surface area (Å²) in [4.78, 5) is 13.0. The third-order valence-electron chi connectivity index (χ3n) is 2.63. The number of nitrogens with zero attached hydrogens (tertiary/aromatic N) is 1. The smallest absolute Gasteiger partial charge is 0.272 e. The number of aliphatic hydroxyl groups excluding tert-OH is 1. The number of carbonyl (C=O) groups is 1. The number of aliphatic hydroxyl groups is 1. The van der Waals surface area contributed by atoms with Gasteiger partial charge in [-0.2, -0.15) is 0 Å². The third-order valence-corrected chi connectivity index (χ3v) is 2.63. The molecule has 0 aromatic heterocycles. The van der Waals surface area contributed by atoms with Gasteiger partial charge in [-0.15, -0.1) is 0 Å². The van der Waals surface area contributed by atoms with Gasteiger partial charge in [0.1, 0.15) is 12.4 Å². The van der Waals surface area contributed by atoms with E-state index in [9.17, 15) is 18.7 Å². The molecule has 2 rings (SSSR count). The van der Waals surface area contributed by atoms with Gasteiger partial charge in [0.05, 0.1) is 24.8 Å². The van der Waals surface area contributed by atoms with Crippen LogP contribution in [0.5, 0.6) is 5.75 Å². The maximum Gasteiger partial charge on any atom is 0.272 e. The van der Waals surface area contributed by atoms with Crippen LogP contribution in [-0.2, 0) is 4.79 Å². The van der Waals surface area contributed by atoms with Gasteiger partial charge in [0.15, 0.2) is 0 Å². The van der Waals surface area contributed by atoms with E-state index >= 15 is 0 Å². The average Bonchev–Trinajstić information content (AvgIpc) is 2.66. The quantitative estimate of drug-likeness (QED) is 0.887. The molecule has 1 aromatic rings. The number of para-hydroxylation sites is 2. The van der Waals surface area contributed by atoms with Crippen molar-refractivity contribution in [2.45, 2.75) is 19.0 Å². The number of anilines is 1. The summed E-state index contributed by atoms with van der Waals surface area (Å²) in [6.45, 7) is -0.560. The Balaban J connectivity index is 2.19. The summed E-state index contributed by atoms with van der Waals surface area (Å²) in [5.41, 5.74) is 0.416. The molecule has 1 fully saturated rings. The Morgan fingerprint density at radius 2 is 2.17 bits per heavy atom. The summed E-state index contributed by atoms with van der Waals surface area (Å²) in [5.74, 6) is -0.0177. The van der Waals surface area contributed by atoms with E-state index in [-0.39, 0.29) is 24.6 Å². The number of β-amino-alcohol motifs (C(OH)–C–C–N with tert-alkyl or cyclic N) is 1. The van der Waals surface area contributed by atoms with Crippen molar-refractivity contribution in [2.75, 3.05) is 18.1 Å². The van der Waals surface area contributed by atoms with Gasteiger partial charge in [0.25, 0.3) is 6.43 Å². The van der Waals surface area contributed by atoms with E-state index in [2.05, 4.69) is 0 Å². The average molecular weight is 257 g/mol. The monoisotopic (exact) mass is 257 g/mol. The van der Waals surface area contributed by atoms with Crippen LogP contribution in [-0.4, -0.2) is 36.7 Å². The third kappa shape index (κ3) is 2.76. The molecule has 1 aromatic carbocycles. The highest BCUT2D eigenvalue weighted by Crippen LogP contribution is 2.31. The van der Waals surface area contributed by atoms with E-state index in [0.717, 1.165) is 0 Å². The molecule has 1 unspecified atom stereocenters. The summed E-state index contributed by atoms with van der Waals surface area (Å²) in [5, 5.41) is 9.42. The summed E-state index contributed by atoms with van der Waals surface area (Å²) in [7, 11) is 0. The van der Waals surface area contributed by atoms with Crippen LogP contribution in [0.1, 0.15) is 6.42 Å². The Morgan fingerprint density at radius 1 is 1.44 bits per heavy atom. The minimum absolute atomic E-state index is 0.0448. The van der Waals surface area contributed by atoms with Crippen LogP contribution in [0.3, 0.4) is 0 Å². The standard InChI is InChI=1S/C12H13F2NO3/c13-11(14)7-18-10-4-2-1-3-9(10)15-6-8(16)5-12(15)17/h1-4,8,11,16H,5-7H2. The molecule has 1 heterocycles. The number of alkyl halides is 2. The number of ether oxygens (including phenoxy) is 1. The number of hydrogen-bond acceptors (Lipinski definition) is 3. The van der Waals surface area contributed by atoms with Crippen molar-refractivity contribution in [2.24, 2.45) is 0 Å².